The molecule has 0 amide bonds. The van der Waals surface area contributed by atoms with Crippen LogP contribution in [-0.4, -0.2) is 24.3 Å². The van der Waals surface area contributed by atoms with Crippen LogP contribution in [-0.2, 0) is 9.53 Å². The molecule has 5 rings (SSSR count). The van der Waals surface area contributed by atoms with Crippen molar-refractivity contribution in [3.8, 4) is 5.75 Å². The Morgan fingerprint density at radius 2 is 1.95 bits per heavy atom. The van der Waals surface area contributed by atoms with Crippen molar-refractivity contribution in [3.63, 3.8) is 0 Å². The molecule has 0 saturated heterocycles. The summed E-state index contributed by atoms with van der Waals surface area (Å²) in [5.74, 6) is 0.680. The molecule has 0 bridgehead atoms. The summed E-state index contributed by atoms with van der Waals surface area (Å²) < 4.78 is 20.0. The van der Waals surface area contributed by atoms with E-state index in [0.717, 1.165) is 15.6 Å². The average molecular weight is 691 g/mol. The number of hydrogen-bond acceptors (Lipinski definition) is 7. The molecule has 10 heteroatoms. The summed E-state index contributed by atoms with van der Waals surface area (Å²) in [7, 11) is 1.59. The van der Waals surface area contributed by atoms with Crippen molar-refractivity contribution in [3.05, 3.63) is 111 Å². The number of carbonyl (C=O) groups is 1. The summed E-state index contributed by atoms with van der Waals surface area (Å²) in [4.78, 5) is 32.6. The number of fused-ring (bicyclic) bond motifs is 1. The number of methoxy groups -OCH3 is 1. The number of furan rings is 1. The smallest absolute Gasteiger partial charge is 0.338 e. The lowest BCUT2D eigenvalue weighted by Crippen LogP contribution is -2.40. The SMILES string of the molecule is CCOC(=O)C1=C(c2ccccc2)N=c2s/c(=C/c3cc(Br)c(I)o3)c(=O)n2[C@H]1c1ccc(OC)cc1. The molecule has 1 aliphatic rings. The van der Waals surface area contributed by atoms with Crippen LogP contribution >= 0.6 is 49.9 Å². The van der Waals surface area contributed by atoms with Gasteiger partial charge in [0.25, 0.3) is 5.56 Å². The van der Waals surface area contributed by atoms with Crippen molar-refractivity contribution in [1.82, 2.24) is 4.57 Å². The molecule has 2 aromatic carbocycles. The van der Waals surface area contributed by atoms with E-state index in [9.17, 15) is 9.59 Å². The first-order chi connectivity index (χ1) is 17.9. The molecule has 0 spiro atoms. The Bertz CT molecular complexity index is 1670. The first kappa shape index (κ1) is 25.7. The lowest BCUT2D eigenvalue weighted by Gasteiger charge is -2.26. The van der Waals surface area contributed by atoms with Crippen LogP contribution in [0.25, 0.3) is 11.8 Å². The van der Waals surface area contributed by atoms with E-state index in [0.29, 0.717) is 35.9 Å². The van der Waals surface area contributed by atoms with E-state index in [2.05, 4.69) is 38.5 Å². The second kappa shape index (κ2) is 10.8. The Morgan fingerprint density at radius 3 is 2.57 bits per heavy atom. The molecule has 1 aliphatic heterocycles. The Labute approximate surface area is 238 Å². The summed E-state index contributed by atoms with van der Waals surface area (Å²) in [5, 5.41) is 0. The van der Waals surface area contributed by atoms with Crippen LogP contribution in [0, 0.1) is 3.77 Å². The minimum absolute atomic E-state index is 0.191. The third-order valence-corrected chi connectivity index (χ3v) is 8.86. The van der Waals surface area contributed by atoms with Crippen LogP contribution in [0.5, 0.6) is 5.75 Å². The van der Waals surface area contributed by atoms with Crippen molar-refractivity contribution < 1.29 is 18.7 Å². The molecule has 0 unspecified atom stereocenters. The van der Waals surface area contributed by atoms with Crippen molar-refractivity contribution in [1.29, 1.82) is 0 Å². The summed E-state index contributed by atoms with van der Waals surface area (Å²) in [6.45, 7) is 1.94. The molecule has 7 nitrogen and oxygen atoms in total. The third kappa shape index (κ3) is 4.97. The normalized spacial score (nSPS) is 15.4. The van der Waals surface area contributed by atoms with E-state index in [4.69, 9.17) is 18.9 Å². The van der Waals surface area contributed by atoms with Gasteiger partial charge < -0.3 is 13.9 Å². The summed E-state index contributed by atoms with van der Waals surface area (Å²) >= 11 is 6.76. The van der Waals surface area contributed by atoms with E-state index in [1.807, 2.05) is 42.5 Å². The number of halogens is 2. The zero-order valence-electron chi connectivity index (χ0n) is 19.7. The molecule has 4 aromatic rings. The number of thiazole rings is 1. The van der Waals surface area contributed by atoms with Gasteiger partial charge in [0.15, 0.2) is 8.57 Å². The van der Waals surface area contributed by atoms with Gasteiger partial charge >= 0.3 is 5.97 Å². The van der Waals surface area contributed by atoms with Gasteiger partial charge in [0.2, 0.25) is 0 Å². The monoisotopic (exact) mass is 690 g/mol. The minimum atomic E-state index is -0.748. The van der Waals surface area contributed by atoms with Crippen LogP contribution < -0.4 is 19.6 Å². The topological polar surface area (TPSA) is 83.0 Å². The predicted octanol–water partition coefficient (Wildman–Crippen LogP) is 4.90. The molecule has 188 valence electrons. The molecule has 1 atom stereocenters. The van der Waals surface area contributed by atoms with Crippen molar-refractivity contribution >= 4 is 67.6 Å². The molecule has 0 N–H and O–H groups in total. The van der Waals surface area contributed by atoms with Crippen molar-refractivity contribution in [2.45, 2.75) is 13.0 Å². The number of ether oxygens (including phenoxy) is 2. The van der Waals surface area contributed by atoms with Crippen LogP contribution in [0.1, 0.15) is 29.9 Å². The lowest BCUT2D eigenvalue weighted by molar-refractivity contribution is -0.138. The van der Waals surface area contributed by atoms with Gasteiger partial charge in [0.05, 0.1) is 40.0 Å². The van der Waals surface area contributed by atoms with Gasteiger partial charge in [-0.15, -0.1) is 0 Å². The van der Waals surface area contributed by atoms with E-state index < -0.39 is 12.0 Å². The lowest BCUT2D eigenvalue weighted by atomic mass is 9.93. The summed E-state index contributed by atoms with van der Waals surface area (Å²) in [6.07, 6.45) is 1.69. The Hall–Kier alpha value is -2.96. The Balaban J connectivity index is 1.82. The predicted molar refractivity (Wildman–Crippen MR) is 153 cm³/mol. The maximum atomic E-state index is 13.8. The first-order valence-corrected chi connectivity index (χ1v) is 14.0. The van der Waals surface area contributed by atoms with E-state index in [1.165, 1.54) is 11.3 Å². The van der Waals surface area contributed by atoms with Gasteiger partial charge in [-0.05, 0) is 46.6 Å². The molecular weight excluding hydrogens is 671 g/mol. The highest BCUT2D eigenvalue weighted by molar-refractivity contribution is 14.1. The number of rotatable bonds is 6. The molecule has 0 fully saturated rings. The van der Waals surface area contributed by atoms with Crippen LogP contribution in [0.3, 0.4) is 0 Å². The zero-order valence-corrected chi connectivity index (χ0v) is 24.3. The molecule has 37 heavy (non-hydrogen) atoms. The number of aromatic nitrogens is 1. The standard InChI is InChI=1S/C27H20BrIN2O5S/c1-3-35-26(33)21-22(15-7-5-4-6-8-15)30-27-31(23(21)16-9-11-17(34-2)12-10-16)25(32)20(37-27)14-18-13-19(28)24(29)36-18/h4-14,23H,3H2,1-2H3/b20-14+/t23-/m0/s1. The van der Waals surface area contributed by atoms with Crippen LogP contribution in [0.15, 0.2) is 84.9 Å². The molecular formula is C27H20BrIN2O5S. The molecule has 0 aliphatic carbocycles. The summed E-state index contributed by atoms with van der Waals surface area (Å²) in [5.41, 5.74) is 1.98. The highest BCUT2D eigenvalue weighted by atomic mass is 127. The second-order valence-electron chi connectivity index (χ2n) is 7.98. The quantitative estimate of drug-likeness (QED) is 0.212. The minimum Gasteiger partial charge on any atom is -0.497 e. The molecule has 0 saturated carbocycles. The molecule has 0 radical (unpaired) electrons. The van der Waals surface area contributed by atoms with Gasteiger partial charge in [0.1, 0.15) is 11.5 Å². The number of benzene rings is 2. The van der Waals surface area contributed by atoms with Crippen molar-refractivity contribution in [2.75, 3.05) is 13.7 Å². The molecule has 2 aromatic heterocycles. The zero-order chi connectivity index (χ0) is 26.1. The van der Waals surface area contributed by atoms with Gasteiger partial charge in [-0.3, -0.25) is 9.36 Å². The number of carbonyl (C=O) groups excluding carboxylic acids is 1. The maximum absolute atomic E-state index is 13.8. The van der Waals surface area contributed by atoms with E-state index in [-0.39, 0.29) is 12.2 Å². The third-order valence-electron chi connectivity index (χ3n) is 5.74. The summed E-state index contributed by atoms with van der Waals surface area (Å²) in [6, 6.07) is 17.8. The second-order valence-corrected chi connectivity index (χ2v) is 10.8. The van der Waals surface area contributed by atoms with E-state index in [1.54, 1.807) is 42.9 Å². The number of nitrogens with zero attached hydrogens (tertiary/aromatic N) is 2. The number of hydrogen-bond donors (Lipinski definition) is 0. The van der Waals surface area contributed by atoms with Crippen LogP contribution in [0.4, 0.5) is 0 Å². The fourth-order valence-electron chi connectivity index (χ4n) is 4.11. The Kier molecular flexibility index (Phi) is 7.50. The average Bonchev–Trinajstić information content (AvgIpc) is 3.40. The largest absolute Gasteiger partial charge is 0.497 e. The highest BCUT2D eigenvalue weighted by Gasteiger charge is 2.35. The van der Waals surface area contributed by atoms with Crippen LogP contribution in [0.2, 0.25) is 0 Å². The van der Waals surface area contributed by atoms with Gasteiger partial charge in [-0.1, -0.05) is 53.8 Å². The first-order valence-electron chi connectivity index (χ1n) is 11.3. The molecule has 3 heterocycles. The van der Waals surface area contributed by atoms with Gasteiger partial charge in [-0.2, -0.15) is 0 Å². The van der Waals surface area contributed by atoms with E-state index >= 15 is 0 Å². The fraction of sp³-hybridized carbons (Fsp3) is 0.148. The maximum Gasteiger partial charge on any atom is 0.338 e. The highest BCUT2D eigenvalue weighted by Crippen LogP contribution is 2.35. The van der Waals surface area contributed by atoms with Crippen molar-refractivity contribution in [2.24, 2.45) is 4.99 Å². The van der Waals surface area contributed by atoms with Gasteiger partial charge in [0, 0.05) is 34.2 Å². The number of esters is 1. The fourth-order valence-corrected chi connectivity index (χ4v) is 5.80. The Morgan fingerprint density at radius 1 is 1.22 bits per heavy atom. The van der Waals surface area contributed by atoms with Gasteiger partial charge in [-0.25, -0.2) is 9.79 Å².